The van der Waals surface area contributed by atoms with E-state index in [-0.39, 0.29) is 6.04 Å². The van der Waals surface area contributed by atoms with Crippen molar-refractivity contribution < 1.29 is 9.47 Å². The molecule has 0 spiro atoms. The number of nitrogens with zero attached hydrogens (tertiary/aromatic N) is 2. The monoisotopic (exact) mass is 324 g/mol. The van der Waals surface area contributed by atoms with Crippen molar-refractivity contribution in [2.75, 3.05) is 21.3 Å². The van der Waals surface area contributed by atoms with Gasteiger partial charge in [-0.15, -0.1) is 0 Å². The van der Waals surface area contributed by atoms with Gasteiger partial charge in [0.25, 0.3) is 0 Å². The van der Waals surface area contributed by atoms with Crippen LogP contribution in [0.2, 0.25) is 0 Å². The van der Waals surface area contributed by atoms with Gasteiger partial charge in [0.15, 0.2) is 11.5 Å². The molecule has 0 amide bonds. The molecule has 2 aromatic rings. The molecule has 1 heterocycles. The van der Waals surface area contributed by atoms with Crippen LogP contribution in [-0.4, -0.2) is 31.3 Å². The largest absolute Gasteiger partial charge is 0.493 e. The van der Waals surface area contributed by atoms with E-state index in [1.807, 2.05) is 12.1 Å². The summed E-state index contributed by atoms with van der Waals surface area (Å²) in [5.74, 6) is 1.51. The average Bonchev–Trinajstić information content (AvgIpc) is 2.90. The van der Waals surface area contributed by atoms with Crippen molar-refractivity contribution in [3.8, 4) is 11.5 Å². The Kier molecular flexibility index (Phi) is 4.76. The van der Waals surface area contributed by atoms with Gasteiger partial charge >= 0.3 is 0 Å². The van der Waals surface area contributed by atoms with Gasteiger partial charge in [0.05, 0.1) is 26.8 Å². The molecule has 0 aromatic heterocycles. The van der Waals surface area contributed by atoms with Gasteiger partial charge in [-0.1, -0.05) is 36.4 Å². The Labute approximate surface area is 143 Å². The second-order valence-corrected chi connectivity index (χ2v) is 5.98. The van der Waals surface area contributed by atoms with Crippen molar-refractivity contribution in [1.82, 2.24) is 10.0 Å². The van der Waals surface area contributed by atoms with Gasteiger partial charge in [-0.3, -0.25) is 0 Å². The number of hydrogen-bond donors (Lipinski definition) is 0. The van der Waals surface area contributed by atoms with Crippen LogP contribution in [-0.2, 0) is 6.54 Å². The van der Waals surface area contributed by atoms with Crippen molar-refractivity contribution in [3.05, 3.63) is 71.4 Å². The molecule has 0 saturated carbocycles. The molecule has 0 aliphatic carbocycles. The highest BCUT2D eigenvalue weighted by Crippen LogP contribution is 2.37. The molecular formula is C20H24N2O2. The number of ether oxygens (including phenoxy) is 2. The molecule has 3 rings (SSSR count). The molecular weight excluding hydrogens is 300 g/mol. The predicted molar refractivity (Wildman–Crippen MR) is 95.8 cm³/mol. The van der Waals surface area contributed by atoms with Gasteiger partial charge in [-0.2, -0.15) is 0 Å². The zero-order valence-corrected chi connectivity index (χ0v) is 14.7. The van der Waals surface area contributed by atoms with Crippen LogP contribution in [0.4, 0.5) is 0 Å². The quantitative estimate of drug-likeness (QED) is 0.829. The van der Waals surface area contributed by atoms with E-state index < -0.39 is 0 Å². The van der Waals surface area contributed by atoms with Crippen LogP contribution in [0.15, 0.2) is 60.3 Å². The summed E-state index contributed by atoms with van der Waals surface area (Å²) in [6.45, 7) is 3.02. The van der Waals surface area contributed by atoms with E-state index in [1.165, 1.54) is 16.8 Å². The minimum Gasteiger partial charge on any atom is -0.493 e. The standard InChI is InChI=1S/C20H24N2O2/c1-15-12-18(17-10-11-19(23-3)20(13-17)24-4)21(2)22(15)14-16-8-6-5-7-9-16/h5-13,18H,14H2,1-4H3. The van der Waals surface area contributed by atoms with Gasteiger partial charge in [-0.05, 0) is 36.3 Å². The van der Waals surface area contributed by atoms with Crippen molar-refractivity contribution in [2.45, 2.75) is 19.5 Å². The van der Waals surface area contributed by atoms with E-state index in [0.717, 1.165) is 18.0 Å². The van der Waals surface area contributed by atoms with Crippen LogP contribution in [0.3, 0.4) is 0 Å². The Morgan fingerprint density at radius 1 is 0.958 bits per heavy atom. The van der Waals surface area contributed by atoms with E-state index in [2.05, 4.69) is 66.5 Å². The number of benzene rings is 2. The third-order valence-electron chi connectivity index (χ3n) is 4.51. The lowest BCUT2D eigenvalue weighted by atomic mass is 10.1. The molecule has 126 valence electrons. The molecule has 0 bridgehead atoms. The molecule has 4 nitrogen and oxygen atoms in total. The minimum absolute atomic E-state index is 0.188. The number of hydrogen-bond acceptors (Lipinski definition) is 4. The van der Waals surface area contributed by atoms with Gasteiger partial charge in [0.1, 0.15) is 0 Å². The highest BCUT2D eigenvalue weighted by atomic mass is 16.5. The summed E-state index contributed by atoms with van der Waals surface area (Å²) in [6.07, 6.45) is 2.28. The summed E-state index contributed by atoms with van der Waals surface area (Å²) in [5.41, 5.74) is 3.73. The lowest BCUT2D eigenvalue weighted by Crippen LogP contribution is -2.34. The number of likely N-dealkylation sites (N-methyl/N-ethyl adjacent to an activating group) is 1. The fraction of sp³-hybridized carbons (Fsp3) is 0.300. The molecule has 0 fully saturated rings. The molecule has 0 N–H and O–H groups in total. The Balaban J connectivity index is 1.83. The molecule has 24 heavy (non-hydrogen) atoms. The predicted octanol–water partition coefficient (Wildman–Crippen LogP) is 4.01. The normalized spacial score (nSPS) is 17.8. The highest BCUT2D eigenvalue weighted by Gasteiger charge is 2.28. The Bertz CT molecular complexity index is 728. The van der Waals surface area contributed by atoms with Gasteiger partial charge < -0.3 is 14.5 Å². The van der Waals surface area contributed by atoms with Crippen LogP contribution in [0.25, 0.3) is 0 Å². The third kappa shape index (κ3) is 3.10. The maximum absolute atomic E-state index is 5.44. The van der Waals surface area contributed by atoms with E-state index in [1.54, 1.807) is 14.2 Å². The molecule has 1 aliphatic heterocycles. The Morgan fingerprint density at radius 3 is 2.33 bits per heavy atom. The summed E-state index contributed by atoms with van der Waals surface area (Å²) < 4.78 is 10.8. The van der Waals surface area contributed by atoms with E-state index in [9.17, 15) is 0 Å². The topological polar surface area (TPSA) is 24.9 Å². The second kappa shape index (κ2) is 6.97. The summed E-state index contributed by atoms with van der Waals surface area (Å²) >= 11 is 0. The van der Waals surface area contributed by atoms with Crippen LogP contribution < -0.4 is 9.47 Å². The molecule has 1 aliphatic rings. The van der Waals surface area contributed by atoms with Crippen LogP contribution in [0, 0.1) is 0 Å². The van der Waals surface area contributed by atoms with Gasteiger partial charge in [0.2, 0.25) is 0 Å². The smallest absolute Gasteiger partial charge is 0.161 e. The maximum atomic E-state index is 5.44. The summed E-state index contributed by atoms with van der Waals surface area (Å²) in [4.78, 5) is 0. The number of rotatable bonds is 5. The number of allylic oxidation sites excluding steroid dienone is 1. The SMILES string of the molecule is COc1ccc(C2C=C(C)N(Cc3ccccc3)N2C)cc1OC. The Morgan fingerprint density at radius 2 is 1.67 bits per heavy atom. The first-order chi connectivity index (χ1) is 11.6. The van der Waals surface area contributed by atoms with Crippen molar-refractivity contribution in [1.29, 1.82) is 0 Å². The van der Waals surface area contributed by atoms with Gasteiger partial charge in [0, 0.05) is 12.7 Å². The lowest BCUT2D eigenvalue weighted by Gasteiger charge is -2.32. The summed E-state index contributed by atoms with van der Waals surface area (Å²) in [6, 6.07) is 16.8. The van der Waals surface area contributed by atoms with E-state index in [4.69, 9.17) is 9.47 Å². The van der Waals surface area contributed by atoms with E-state index >= 15 is 0 Å². The van der Waals surface area contributed by atoms with Gasteiger partial charge in [-0.25, -0.2) is 5.01 Å². The molecule has 0 radical (unpaired) electrons. The first-order valence-corrected chi connectivity index (χ1v) is 8.08. The van der Waals surface area contributed by atoms with E-state index in [0.29, 0.717) is 0 Å². The molecule has 2 aromatic carbocycles. The second-order valence-electron chi connectivity index (χ2n) is 5.98. The molecule has 4 heteroatoms. The van der Waals surface area contributed by atoms with Crippen molar-refractivity contribution >= 4 is 0 Å². The molecule has 1 unspecified atom stereocenters. The lowest BCUT2D eigenvalue weighted by molar-refractivity contribution is 0.0268. The zero-order chi connectivity index (χ0) is 17.1. The fourth-order valence-corrected chi connectivity index (χ4v) is 3.16. The summed E-state index contributed by atoms with van der Waals surface area (Å²) in [7, 11) is 5.45. The fourth-order valence-electron chi connectivity index (χ4n) is 3.16. The van der Waals surface area contributed by atoms with Crippen LogP contribution in [0.5, 0.6) is 11.5 Å². The van der Waals surface area contributed by atoms with Crippen LogP contribution >= 0.6 is 0 Å². The van der Waals surface area contributed by atoms with Crippen molar-refractivity contribution in [2.24, 2.45) is 0 Å². The Hall–Kier alpha value is -2.46. The minimum atomic E-state index is 0.188. The maximum Gasteiger partial charge on any atom is 0.161 e. The van der Waals surface area contributed by atoms with Crippen molar-refractivity contribution in [3.63, 3.8) is 0 Å². The summed E-state index contributed by atoms with van der Waals surface area (Å²) in [5, 5.41) is 4.57. The first kappa shape index (κ1) is 16.4. The molecule has 1 atom stereocenters. The number of methoxy groups -OCH3 is 2. The number of hydrazine groups is 1. The third-order valence-corrected chi connectivity index (χ3v) is 4.51. The first-order valence-electron chi connectivity index (χ1n) is 8.08. The van der Waals surface area contributed by atoms with Crippen LogP contribution in [0.1, 0.15) is 24.1 Å². The highest BCUT2D eigenvalue weighted by molar-refractivity contribution is 5.45. The average molecular weight is 324 g/mol. The molecule has 0 saturated heterocycles. The zero-order valence-electron chi connectivity index (χ0n) is 14.7.